The highest BCUT2D eigenvalue weighted by molar-refractivity contribution is 7.08. The van der Waals surface area contributed by atoms with Crippen molar-refractivity contribution in [2.75, 3.05) is 40.0 Å². The highest BCUT2D eigenvalue weighted by atomic mass is 32.1. The molecule has 2 amide bonds. The predicted octanol–water partition coefficient (Wildman–Crippen LogP) is 0.335. The van der Waals surface area contributed by atoms with Crippen LogP contribution in [0.2, 0.25) is 0 Å². The Balaban J connectivity index is 2.31. The number of amides is 2. The minimum atomic E-state index is -0.176. The SMILES string of the molecule is COCCN(CCO)C(=O)CCNC(=O)c1ccsc1. The van der Waals surface area contributed by atoms with Crippen molar-refractivity contribution < 1.29 is 19.4 Å². The van der Waals surface area contributed by atoms with Gasteiger partial charge in [0, 0.05) is 44.1 Å². The molecule has 0 saturated carbocycles. The summed E-state index contributed by atoms with van der Waals surface area (Å²) in [5, 5.41) is 15.2. The van der Waals surface area contributed by atoms with E-state index in [2.05, 4.69) is 5.32 Å². The van der Waals surface area contributed by atoms with Crippen molar-refractivity contribution in [1.29, 1.82) is 0 Å². The lowest BCUT2D eigenvalue weighted by molar-refractivity contribution is -0.132. The van der Waals surface area contributed by atoms with Crippen molar-refractivity contribution in [2.24, 2.45) is 0 Å². The van der Waals surface area contributed by atoms with Crippen LogP contribution in [0.1, 0.15) is 16.8 Å². The highest BCUT2D eigenvalue weighted by Gasteiger charge is 2.13. The number of nitrogens with one attached hydrogen (secondary N) is 1. The summed E-state index contributed by atoms with van der Waals surface area (Å²) in [5.74, 6) is -0.286. The summed E-state index contributed by atoms with van der Waals surface area (Å²) in [4.78, 5) is 25.1. The number of aliphatic hydroxyl groups is 1. The first-order chi connectivity index (χ1) is 9.69. The van der Waals surface area contributed by atoms with Crippen LogP contribution in [0.5, 0.6) is 0 Å². The molecule has 1 rings (SSSR count). The van der Waals surface area contributed by atoms with E-state index in [0.29, 0.717) is 18.7 Å². The number of hydrogen-bond acceptors (Lipinski definition) is 5. The van der Waals surface area contributed by atoms with Crippen molar-refractivity contribution in [2.45, 2.75) is 6.42 Å². The van der Waals surface area contributed by atoms with Crippen LogP contribution in [0.15, 0.2) is 16.8 Å². The van der Waals surface area contributed by atoms with Gasteiger partial charge < -0.3 is 20.1 Å². The largest absolute Gasteiger partial charge is 0.395 e. The molecular formula is C13H20N2O4S. The lowest BCUT2D eigenvalue weighted by atomic mass is 10.3. The van der Waals surface area contributed by atoms with E-state index < -0.39 is 0 Å². The van der Waals surface area contributed by atoms with Gasteiger partial charge in [0.2, 0.25) is 5.91 Å². The second-order valence-electron chi connectivity index (χ2n) is 4.12. The van der Waals surface area contributed by atoms with E-state index in [1.54, 1.807) is 18.6 Å². The van der Waals surface area contributed by atoms with Crippen LogP contribution in [0, 0.1) is 0 Å². The summed E-state index contributed by atoms with van der Waals surface area (Å²) < 4.78 is 4.92. The van der Waals surface area contributed by atoms with Gasteiger partial charge in [0.1, 0.15) is 0 Å². The number of ether oxygens (including phenoxy) is 1. The second-order valence-corrected chi connectivity index (χ2v) is 4.90. The van der Waals surface area contributed by atoms with E-state index in [1.807, 2.05) is 5.38 Å². The molecule has 0 unspecified atom stereocenters. The first-order valence-electron chi connectivity index (χ1n) is 6.37. The molecule has 1 aromatic rings. The van der Waals surface area contributed by atoms with Crippen LogP contribution in [0.4, 0.5) is 0 Å². The van der Waals surface area contributed by atoms with Gasteiger partial charge in [-0.05, 0) is 11.4 Å². The van der Waals surface area contributed by atoms with Crippen LogP contribution in [0.3, 0.4) is 0 Å². The van der Waals surface area contributed by atoms with Crippen molar-refractivity contribution in [3.63, 3.8) is 0 Å². The zero-order valence-corrected chi connectivity index (χ0v) is 12.3. The van der Waals surface area contributed by atoms with Gasteiger partial charge >= 0.3 is 0 Å². The van der Waals surface area contributed by atoms with Gasteiger partial charge in [-0.1, -0.05) is 0 Å². The molecule has 0 aromatic carbocycles. The minimum Gasteiger partial charge on any atom is -0.395 e. The van der Waals surface area contributed by atoms with Gasteiger partial charge in [-0.25, -0.2) is 0 Å². The number of nitrogens with zero attached hydrogens (tertiary/aromatic N) is 1. The Morgan fingerprint density at radius 1 is 1.45 bits per heavy atom. The summed E-state index contributed by atoms with van der Waals surface area (Å²) in [5.41, 5.74) is 0.606. The molecule has 7 heteroatoms. The van der Waals surface area contributed by atoms with Gasteiger partial charge in [-0.15, -0.1) is 0 Å². The van der Waals surface area contributed by atoms with E-state index in [4.69, 9.17) is 9.84 Å². The van der Waals surface area contributed by atoms with Crippen LogP contribution in [-0.4, -0.2) is 61.8 Å². The summed E-state index contributed by atoms with van der Waals surface area (Å²) >= 11 is 1.45. The van der Waals surface area contributed by atoms with E-state index >= 15 is 0 Å². The van der Waals surface area contributed by atoms with Gasteiger partial charge in [-0.2, -0.15) is 11.3 Å². The molecule has 112 valence electrons. The normalized spacial score (nSPS) is 10.3. The highest BCUT2D eigenvalue weighted by Crippen LogP contribution is 2.05. The summed E-state index contributed by atoms with van der Waals surface area (Å²) in [6, 6.07) is 1.73. The molecule has 0 saturated heterocycles. The van der Waals surface area contributed by atoms with Crippen molar-refractivity contribution in [3.8, 4) is 0 Å². The summed E-state index contributed by atoms with van der Waals surface area (Å²) in [6.45, 7) is 1.33. The van der Waals surface area contributed by atoms with Gasteiger partial charge in [0.25, 0.3) is 5.91 Å². The smallest absolute Gasteiger partial charge is 0.252 e. The zero-order chi connectivity index (χ0) is 14.8. The second kappa shape index (κ2) is 9.46. The van der Waals surface area contributed by atoms with Crippen LogP contribution in [-0.2, 0) is 9.53 Å². The molecule has 0 aliphatic heterocycles. The Bertz CT molecular complexity index is 409. The molecule has 0 atom stereocenters. The lowest BCUT2D eigenvalue weighted by Gasteiger charge is -2.21. The summed E-state index contributed by atoms with van der Waals surface area (Å²) in [7, 11) is 1.56. The third-order valence-corrected chi connectivity index (χ3v) is 3.38. The Kier molecular flexibility index (Phi) is 7.86. The van der Waals surface area contributed by atoms with Crippen LogP contribution < -0.4 is 5.32 Å². The fourth-order valence-electron chi connectivity index (χ4n) is 1.62. The maximum absolute atomic E-state index is 11.9. The average Bonchev–Trinajstić information content (AvgIpc) is 2.97. The molecule has 0 fully saturated rings. The molecule has 0 spiro atoms. The Morgan fingerprint density at radius 3 is 2.85 bits per heavy atom. The Labute approximate surface area is 122 Å². The third-order valence-electron chi connectivity index (χ3n) is 2.70. The van der Waals surface area contributed by atoms with E-state index in [0.717, 1.165) is 0 Å². The Morgan fingerprint density at radius 2 is 2.25 bits per heavy atom. The first-order valence-corrected chi connectivity index (χ1v) is 7.31. The maximum Gasteiger partial charge on any atom is 0.252 e. The molecule has 20 heavy (non-hydrogen) atoms. The minimum absolute atomic E-state index is 0.0866. The number of carbonyl (C=O) groups is 2. The fraction of sp³-hybridized carbons (Fsp3) is 0.538. The van der Waals surface area contributed by atoms with E-state index in [-0.39, 0.29) is 37.9 Å². The molecular weight excluding hydrogens is 280 g/mol. The predicted molar refractivity (Wildman–Crippen MR) is 76.8 cm³/mol. The van der Waals surface area contributed by atoms with Crippen molar-refractivity contribution in [3.05, 3.63) is 22.4 Å². The molecule has 0 aliphatic carbocycles. The molecule has 0 aliphatic rings. The topological polar surface area (TPSA) is 78.9 Å². The molecule has 2 N–H and O–H groups in total. The molecule has 1 aromatic heterocycles. The number of thiophene rings is 1. The van der Waals surface area contributed by atoms with Gasteiger partial charge in [-0.3, -0.25) is 9.59 Å². The third kappa shape index (κ3) is 5.68. The fourth-order valence-corrected chi connectivity index (χ4v) is 2.26. The van der Waals surface area contributed by atoms with Crippen LogP contribution in [0.25, 0.3) is 0 Å². The monoisotopic (exact) mass is 300 g/mol. The van der Waals surface area contributed by atoms with E-state index in [1.165, 1.54) is 16.2 Å². The number of hydrogen-bond donors (Lipinski definition) is 2. The maximum atomic E-state index is 11.9. The molecule has 0 bridgehead atoms. The average molecular weight is 300 g/mol. The standard InChI is InChI=1S/C13H20N2O4S/c1-19-8-6-15(5-7-16)12(17)2-4-14-13(18)11-3-9-20-10-11/h3,9-10,16H,2,4-8H2,1H3,(H,14,18). The van der Waals surface area contributed by atoms with E-state index in [9.17, 15) is 9.59 Å². The number of aliphatic hydroxyl groups excluding tert-OH is 1. The number of methoxy groups -OCH3 is 1. The van der Waals surface area contributed by atoms with Crippen LogP contribution >= 0.6 is 11.3 Å². The van der Waals surface area contributed by atoms with Gasteiger partial charge in [0.15, 0.2) is 0 Å². The lowest BCUT2D eigenvalue weighted by Crippen LogP contribution is -2.38. The van der Waals surface area contributed by atoms with Crippen molar-refractivity contribution in [1.82, 2.24) is 10.2 Å². The quantitative estimate of drug-likeness (QED) is 0.689. The molecule has 6 nitrogen and oxygen atoms in total. The zero-order valence-electron chi connectivity index (χ0n) is 11.5. The molecule has 0 radical (unpaired) electrons. The summed E-state index contributed by atoms with van der Waals surface area (Å²) in [6.07, 6.45) is 0.208. The number of carbonyl (C=O) groups excluding carboxylic acids is 2. The van der Waals surface area contributed by atoms with Crippen molar-refractivity contribution >= 4 is 23.2 Å². The van der Waals surface area contributed by atoms with Gasteiger partial charge in [0.05, 0.1) is 13.2 Å². The first kappa shape index (κ1) is 16.6. The number of rotatable bonds is 9. The Hall–Kier alpha value is -1.44. The molecule has 1 heterocycles.